The number of Topliss-reactive ketones (excluding diaryl/α,β-unsaturated/α-hetero) is 1. The zero-order valence-corrected chi connectivity index (χ0v) is 17.4. The number of carbonyl (C=O) groups excluding carboxylic acids is 2. The second kappa shape index (κ2) is 7.34. The Morgan fingerprint density at radius 3 is 2.27 bits per heavy atom. The van der Waals surface area contributed by atoms with E-state index in [-0.39, 0.29) is 11.3 Å². The van der Waals surface area contributed by atoms with Crippen molar-refractivity contribution in [2.45, 2.75) is 33.7 Å². The molecular weight excluding hydrogens is 378 g/mol. The number of furan rings is 1. The number of nitrogens with zero attached hydrogens (tertiary/aromatic N) is 1. The van der Waals surface area contributed by atoms with Crippen LogP contribution in [0.2, 0.25) is 0 Å². The van der Waals surface area contributed by atoms with Gasteiger partial charge in [-0.2, -0.15) is 0 Å². The number of benzene rings is 2. The molecular formula is C25H23NO4. The van der Waals surface area contributed by atoms with E-state index >= 15 is 0 Å². The number of hydrogen-bond acceptors (Lipinski definition) is 4. The molecule has 1 atom stereocenters. The van der Waals surface area contributed by atoms with E-state index in [1.165, 1.54) is 11.2 Å². The lowest BCUT2D eigenvalue weighted by molar-refractivity contribution is -0.132. The van der Waals surface area contributed by atoms with Crippen LogP contribution in [0.25, 0.3) is 5.76 Å². The number of amides is 1. The summed E-state index contributed by atoms with van der Waals surface area (Å²) >= 11 is 0. The number of ketones is 1. The van der Waals surface area contributed by atoms with E-state index in [0.29, 0.717) is 17.0 Å². The highest BCUT2D eigenvalue weighted by atomic mass is 16.3. The van der Waals surface area contributed by atoms with Crippen molar-refractivity contribution in [2.75, 3.05) is 4.90 Å². The largest absolute Gasteiger partial charge is 0.507 e. The fraction of sp³-hybridized carbons (Fsp3) is 0.200. The summed E-state index contributed by atoms with van der Waals surface area (Å²) in [6.45, 7) is 7.64. The first kappa shape index (κ1) is 19.7. The van der Waals surface area contributed by atoms with Crippen LogP contribution < -0.4 is 4.90 Å². The molecule has 1 unspecified atom stereocenters. The van der Waals surface area contributed by atoms with Gasteiger partial charge in [0, 0.05) is 11.3 Å². The molecule has 2 heterocycles. The van der Waals surface area contributed by atoms with Crippen molar-refractivity contribution in [3.05, 3.63) is 93.9 Å². The Kier molecular flexibility index (Phi) is 4.82. The zero-order valence-electron chi connectivity index (χ0n) is 17.4. The molecule has 1 fully saturated rings. The summed E-state index contributed by atoms with van der Waals surface area (Å²) in [5.74, 6) is -1.19. The van der Waals surface area contributed by atoms with E-state index in [1.54, 1.807) is 12.1 Å². The van der Waals surface area contributed by atoms with Gasteiger partial charge in [-0.3, -0.25) is 14.5 Å². The molecule has 1 aliphatic rings. The maximum atomic E-state index is 13.1. The van der Waals surface area contributed by atoms with Crippen LogP contribution in [0.3, 0.4) is 0 Å². The molecule has 1 aliphatic heterocycles. The summed E-state index contributed by atoms with van der Waals surface area (Å²) < 4.78 is 5.61. The first-order chi connectivity index (χ1) is 14.3. The molecule has 1 amide bonds. The van der Waals surface area contributed by atoms with Gasteiger partial charge in [-0.25, -0.2) is 0 Å². The molecule has 30 heavy (non-hydrogen) atoms. The lowest BCUT2D eigenvalue weighted by Crippen LogP contribution is -2.29. The molecule has 4 rings (SSSR count). The van der Waals surface area contributed by atoms with Crippen LogP contribution in [0.4, 0.5) is 5.69 Å². The van der Waals surface area contributed by atoms with Gasteiger partial charge in [0.1, 0.15) is 17.6 Å². The summed E-state index contributed by atoms with van der Waals surface area (Å²) in [5.41, 5.74) is 4.86. The lowest BCUT2D eigenvalue weighted by atomic mass is 9.96. The smallest absolute Gasteiger partial charge is 0.300 e. The molecule has 3 aromatic rings. The molecule has 1 saturated heterocycles. The quantitative estimate of drug-likeness (QED) is 0.375. The minimum atomic E-state index is -0.846. The van der Waals surface area contributed by atoms with Crippen LogP contribution in [-0.2, 0) is 9.59 Å². The van der Waals surface area contributed by atoms with Gasteiger partial charge in [0.2, 0.25) is 0 Å². The third-order valence-corrected chi connectivity index (χ3v) is 5.39. The van der Waals surface area contributed by atoms with Gasteiger partial charge in [0.25, 0.3) is 11.7 Å². The molecule has 0 saturated carbocycles. The van der Waals surface area contributed by atoms with Crippen molar-refractivity contribution < 1.29 is 19.1 Å². The van der Waals surface area contributed by atoms with E-state index in [9.17, 15) is 14.7 Å². The van der Waals surface area contributed by atoms with Crippen LogP contribution in [0.15, 0.2) is 64.8 Å². The van der Waals surface area contributed by atoms with Gasteiger partial charge in [-0.05, 0) is 74.7 Å². The normalized spacial score (nSPS) is 18.3. The van der Waals surface area contributed by atoms with Gasteiger partial charge >= 0.3 is 0 Å². The minimum Gasteiger partial charge on any atom is -0.507 e. The van der Waals surface area contributed by atoms with E-state index < -0.39 is 17.7 Å². The van der Waals surface area contributed by atoms with Crippen LogP contribution >= 0.6 is 0 Å². The highest BCUT2D eigenvalue weighted by Gasteiger charge is 2.48. The van der Waals surface area contributed by atoms with Crippen LogP contribution in [-0.4, -0.2) is 16.8 Å². The third kappa shape index (κ3) is 3.22. The van der Waals surface area contributed by atoms with Gasteiger partial charge in [-0.1, -0.05) is 23.8 Å². The molecule has 2 aromatic carbocycles. The summed E-state index contributed by atoms with van der Waals surface area (Å²) in [7, 11) is 0. The van der Waals surface area contributed by atoms with Crippen molar-refractivity contribution in [1.82, 2.24) is 0 Å². The number of aliphatic hydroxyl groups excluding tert-OH is 1. The predicted molar refractivity (Wildman–Crippen MR) is 115 cm³/mol. The Labute approximate surface area is 175 Å². The van der Waals surface area contributed by atoms with Crippen molar-refractivity contribution in [3.8, 4) is 0 Å². The Bertz CT molecular complexity index is 1170. The zero-order chi connectivity index (χ0) is 21.6. The third-order valence-electron chi connectivity index (χ3n) is 5.39. The number of hydrogen-bond donors (Lipinski definition) is 1. The second-order valence-electron chi connectivity index (χ2n) is 7.85. The topological polar surface area (TPSA) is 70.8 Å². The lowest BCUT2D eigenvalue weighted by Gasteiger charge is -2.24. The Balaban J connectivity index is 1.98. The molecule has 5 heteroatoms. The number of aryl methyl sites for hydroxylation is 4. The fourth-order valence-corrected chi connectivity index (χ4v) is 4.04. The SMILES string of the molecule is Cc1cc(C)cc(N2C(=O)C(=O)/C(=C(\O)c3cc(C)ccc3C)C2c2ccco2)c1. The Morgan fingerprint density at radius 1 is 0.933 bits per heavy atom. The summed E-state index contributed by atoms with van der Waals surface area (Å²) in [6, 6.07) is 13.9. The van der Waals surface area contributed by atoms with Crippen molar-refractivity contribution in [1.29, 1.82) is 0 Å². The fourth-order valence-electron chi connectivity index (χ4n) is 4.04. The average molecular weight is 401 g/mol. The van der Waals surface area contributed by atoms with Crippen LogP contribution in [0, 0.1) is 27.7 Å². The summed E-state index contributed by atoms with van der Waals surface area (Å²) in [5, 5.41) is 11.2. The van der Waals surface area contributed by atoms with Crippen LogP contribution in [0.1, 0.15) is 39.6 Å². The second-order valence-corrected chi connectivity index (χ2v) is 7.85. The monoisotopic (exact) mass is 401 g/mol. The molecule has 1 N–H and O–H groups in total. The predicted octanol–water partition coefficient (Wildman–Crippen LogP) is 5.14. The van der Waals surface area contributed by atoms with Gasteiger partial charge in [0.15, 0.2) is 0 Å². The van der Waals surface area contributed by atoms with E-state index in [2.05, 4.69) is 0 Å². The minimum absolute atomic E-state index is 0.0304. The van der Waals surface area contributed by atoms with E-state index in [1.807, 2.05) is 64.1 Å². The Morgan fingerprint density at radius 2 is 1.63 bits per heavy atom. The molecule has 0 bridgehead atoms. The molecule has 5 nitrogen and oxygen atoms in total. The van der Waals surface area contributed by atoms with Crippen molar-refractivity contribution in [3.63, 3.8) is 0 Å². The Hall–Kier alpha value is -3.60. The number of anilines is 1. The van der Waals surface area contributed by atoms with Crippen LogP contribution in [0.5, 0.6) is 0 Å². The molecule has 152 valence electrons. The van der Waals surface area contributed by atoms with Crippen molar-refractivity contribution in [2.24, 2.45) is 0 Å². The van der Waals surface area contributed by atoms with Crippen molar-refractivity contribution >= 4 is 23.1 Å². The average Bonchev–Trinajstić information content (AvgIpc) is 3.30. The first-order valence-corrected chi connectivity index (χ1v) is 9.78. The molecule has 1 aromatic heterocycles. The highest BCUT2D eigenvalue weighted by Crippen LogP contribution is 2.43. The summed E-state index contributed by atoms with van der Waals surface area (Å²) in [6.07, 6.45) is 1.49. The molecule has 0 aliphatic carbocycles. The van der Waals surface area contributed by atoms with E-state index in [0.717, 1.165) is 22.3 Å². The highest BCUT2D eigenvalue weighted by molar-refractivity contribution is 6.51. The molecule has 0 radical (unpaired) electrons. The number of carbonyl (C=O) groups is 2. The number of aliphatic hydroxyl groups is 1. The first-order valence-electron chi connectivity index (χ1n) is 9.78. The number of rotatable bonds is 3. The maximum Gasteiger partial charge on any atom is 0.300 e. The standard InChI is InChI=1S/C25H23NO4/c1-14-7-8-17(4)19(13-14)23(27)21-22(20-6-5-9-30-20)26(25(29)24(21)28)18-11-15(2)10-16(3)12-18/h5-13,22,27H,1-4H3/b23-21-. The van der Waals surface area contributed by atoms with Gasteiger partial charge in [-0.15, -0.1) is 0 Å². The van der Waals surface area contributed by atoms with Gasteiger partial charge < -0.3 is 9.52 Å². The van der Waals surface area contributed by atoms with Gasteiger partial charge in [0.05, 0.1) is 11.8 Å². The summed E-state index contributed by atoms with van der Waals surface area (Å²) in [4.78, 5) is 27.7. The van der Waals surface area contributed by atoms with E-state index in [4.69, 9.17) is 4.42 Å². The maximum absolute atomic E-state index is 13.1. The molecule has 0 spiro atoms.